The second-order valence-electron chi connectivity index (χ2n) is 6.45. The van der Waals surface area contributed by atoms with Crippen LogP contribution in [0.15, 0.2) is 48.7 Å². The van der Waals surface area contributed by atoms with E-state index in [1.165, 1.54) is 0 Å². The molecule has 1 saturated heterocycles. The number of Topliss-reactive ketones (excluding diaryl/α,β-unsaturated/α-hetero) is 1. The van der Waals surface area contributed by atoms with Crippen LogP contribution in [-0.2, 0) is 0 Å². The Hall–Kier alpha value is -3.42. The SMILES string of the molecule is O=C(c1ccccn1)C1CCCN(C(=O)c2ccccc2-c2nn[nH]n2)C1. The van der Waals surface area contributed by atoms with Gasteiger partial charge in [-0.15, -0.1) is 10.2 Å². The van der Waals surface area contributed by atoms with Gasteiger partial charge in [0.25, 0.3) is 5.91 Å². The van der Waals surface area contributed by atoms with Crippen molar-refractivity contribution >= 4 is 11.7 Å². The fourth-order valence-electron chi connectivity index (χ4n) is 3.40. The Bertz CT molecular complexity index is 942. The fourth-order valence-corrected chi connectivity index (χ4v) is 3.40. The molecule has 2 aromatic heterocycles. The molecule has 1 aromatic carbocycles. The van der Waals surface area contributed by atoms with Crippen molar-refractivity contribution in [3.8, 4) is 11.4 Å². The molecule has 0 spiro atoms. The minimum atomic E-state index is -0.241. The van der Waals surface area contributed by atoms with Crippen molar-refractivity contribution in [2.75, 3.05) is 13.1 Å². The van der Waals surface area contributed by atoms with Crippen LogP contribution in [0, 0.1) is 5.92 Å². The molecule has 1 N–H and O–H groups in total. The zero-order valence-corrected chi connectivity index (χ0v) is 14.6. The number of pyridine rings is 1. The van der Waals surface area contributed by atoms with Gasteiger partial charge in [0, 0.05) is 30.8 Å². The molecule has 1 atom stereocenters. The average molecular weight is 362 g/mol. The maximum atomic E-state index is 13.1. The Morgan fingerprint density at radius 2 is 1.96 bits per heavy atom. The van der Waals surface area contributed by atoms with Gasteiger partial charge in [-0.3, -0.25) is 14.6 Å². The first-order valence-electron chi connectivity index (χ1n) is 8.81. The van der Waals surface area contributed by atoms with Crippen LogP contribution < -0.4 is 0 Å². The molecule has 27 heavy (non-hydrogen) atoms. The summed E-state index contributed by atoms with van der Waals surface area (Å²) in [6.45, 7) is 1.00. The van der Waals surface area contributed by atoms with Crippen molar-refractivity contribution in [3.63, 3.8) is 0 Å². The van der Waals surface area contributed by atoms with Gasteiger partial charge in [-0.25, -0.2) is 0 Å². The summed E-state index contributed by atoms with van der Waals surface area (Å²) < 4.78 is 0. The lowest BCUT2D eigenvalue weighted by molar-refractivity contribution is 0.0636. The van der Waals surface area contributed by atoms with Crippen LogP contribution in [0.5, 0.6) is 0 Å². The predicted molar refractivity (Wildman–Crippen MR) is 96.8 cm³/mol. The summed E-state index contributed by atoms with van der Waals surface area (Å²) in [6, 6.07) is 12.5. The van der Waals surface area contributed by atoms with Crippen molar-refractivity contribution in [2.45, 2.75) is 12.8 Å². The summed E-state index contributed by atoms with van der Waals surface area (Å²) in [4.78, 5) is 31.7. The minimum Gasteiger partial charge on any atom is -0.338 e. The number of aromatic amines is 1. The number of aromatic nitrogens is 5. The molecule has 3 heterocycles. The fraction of sp³-hybridized carbons (Fsp3) is 0.263. The summed E-state index contributed by atoms with van der Waals surface area (Å²) in [5.41, 5.74) is 1.57. The Balaban J connectivity index is 1.56. The number of tetrazole rings is 1. The maximum absolute atomic E-state index is 13.1. The molecule has 136 valence electrons. The number of carbonyl (C=O) groups excluding carboxylic acids is 2. The number of hydrogen-bond acceptors (Lipinski definition) is 6. The summed E-state index contributed by atoms with van der Waals surface area (Å²) >= 11 is 0. The molecular formula is C19H18N6O2. The van der Waals surface area contributed by atoms with Gasteiger partial charge in [0.15, 0.2) is 5.78 Å². The van der Waals surface area contributed by atoms with E-state index in [-0.39, 0.29) is 17.6 Å². The second-order valence-corrected chi connectivity index (χ2v) is 6.45. The van der Waals surface area contributed by atoms with Crippen molar-refractivity contribution < 1.29 is 9.59 Å². The molecule has 3 aromatic rings. The van der Waals surface area contributed by atoms with Gasteiger partial charge in [0.2, 0.25) is 5.82 Å². The van der Waals surface area contributed by atoms with Gasteiger partial charge in [0.05, 0.1) is 5.56 Å². The highest BCUT2D eigenvalue weighted by Gasteiger charge is 2.31. The highest BCUT2D eigenvalue weighted by Crippen LogP contribution is 2.25. The zero-order chi connectivity index (χ0) is 18.6. The van der Waals surface area contributed by atoms with Crippen LogP contribution in [0.2, 0.25) is 0 Å². The number of amides is 1. The minimum absolute atomic E-state index is 0.0143. The number of carbonyl (C=O) groups is 2. The third-order valence-corrected chi connectivity index (χ3v) is 4.74. The van der Waals surface area contributed by atoms with E-state index in [2.05, 4.69) is 25.6 Å². The average Bonchev–Trinajstić information content (AvgIpc) is 3.28. The molecule has 0 bridgehead atoms. The van der Waals surface area contributed by atoms with Crippen molar-refractivity contribution in [3.05, 3.63) is 59.9 Å². The van der Waals surface area contributed by atoms with E-state index >= 15 is 0 Å². The number of hydrogen-bond donors (Lipinski definition) is 1. The number of piperidine rings is 1. The second kappa shape index (κ2) is 7.45. The number of rotatable bonds is 4. The normalized spacial score (nSPS) is 16.9. The summed E-state index contributed by atoms with van der Waals surface area (Å²) in [5.74, 6) is -0.0134. The topological polar surface area (TPSA) is 105 Å². The number of ketones is 1. The Kier molecular flexibility index (Phi) is 4.69. The molecule has 1 unspecified atom stereocenters. The van der Waals surface area contributed by atoms with Crippen LogP contribution in [0.3, 0.4) is 0 Å². The third kappa shape index (κ3) is 3.46. The highest BCUT2D eigenvalue weighted by molar-refractivity contribution is 6.01. The number of benzene rings is 1. The van der Waals surface area contributed by atoms with E-state index in [1.807, 2.05) is 6.07 Å². The zero-order valence-electron chi connectivity index (χ0n) is 14.6. The number of likely N-dealkylation sites (tertiary alicyclic amines) is 1. The van der Waals surface area contributed by atoms with Crippen LogP contribution in [-0.4, -0.2) is 55.3 Å². The molecular weight excluding hydrogens is 344 g/mol. The van der Waals surface area contributed by atoms with E-state index < -0.39 is 0 Å². The smallest absolute Gasteiger partial charge is 0.254 e. The van der Waals surface area contributed by atoms with Crippen molar-refractivity contribution in [1.29, 1.82) is 0 Å². The molecule has 0 saturated carbocycles. The van der Waals surface area contributed by atoms with Gasteiger partial charge in [-0.05, 0) is 36.3 Å². The van der Waals surface area contributed by atoms with Gasteiger partial charge in [0.1, 0.15) is 5.69 Å². The predicted octanol–water partition coefficient (Wildman–Crippen LogP) is 2.00. The highest BCUT2D eigenvalue weighted by atomic mass is 16.2. The monoisotopic (exact) mass is 362 g/mol. The van der Waals surface area contributed by atoms with Gasteiger partial charge in [-0.2, -0.15) is 5.21 Å². The lowest BCUT2D eigenvalue weighted by atomic mass is 9.91. The summed E-state index contributed by atoms with van der Waals surface area (Å²) in [5, 5.41) is 13.9. The molecule has 0 radical (unpaired) electrons. The van der Waals surface area contributed by atoms with Crippen LogP contribution in [0.1, 0.15) is 33.7 Å². The molecule has 1 amide bonds. The lowest BCUT2D eigenvalue weighted by Crippen LogP contribution is -2.42. The first-order chi connectivity index (χ1) is 13.2. The molecule has 8 heteroatoms. The van der Waals surface area contributed by atoms with Crippen LogP contribution >= 0.6 is 0 Å². The molecule has 8 nitrogen and oxygen atoms in total. The Labute approximate surface area is 155 Å². The number of nitrogens with one attached hydrogen (secondary N) is 1. The molecule has 1 aliphatic heterocycles. The summed E-state index contributed by atoms with van der Waals surface area (Å²) in [7, 11) is 0. The summed E-state index contributed by atoms with van der Waals surface area (Å²) in [6.07, 6.45) is 3.14. The first kappa shape index (κ1) is 17.0. The molecule has 1 fully saturated rings. The first-order valence-corrected chi connectivity index (χ1v) is 8.81. The van der Waals surface area contributed by atoms with E-state index in [9.17, 15) is 9.59 Å². The van der Waals surface area contributed by atoms with Gasteiger partial charge < -0.3 is 4.90 Å². The Morgan fingerprint density at radius 1 is 1.11 bits per heavy atom. The van der Waals surface area contributed by atoms with E-state index in [4.69, 9.17) is 0 Å². The van der Waals surface area contributed by atoms with Crippen LogP contribution in [0.25, 0.3) is 11.4 Å². The van der Waals surface area contributed by atoms with Gasteiger partial charge in [-0.1, -0.05) is 24.3 Å². The molecule has 1 aliphatic rings. The third-order valence-electron chi connectivity index (χ3n) is 4.74. The van der Waals surface area contributed by atoms with Crippen LogP contribution in [0.4, 0.5) is 0 Å². The maximum Gasteiger partial charge on any atom is 0.254 e. The van der Waals surface area contributed by atoms with E-state index in [0.717, 1.165) is 12.8 Å². The number of nitrogens with zero attached hydrogens (tertiary/aromatic N) is 5. The van der Waals surface area contributed by atoms with Crippen molar-refractivity contribution in [2.24, 2.45) is 5.92 Å². The number of H-pyrrole nitrogens is 1. The van der Waals surface area contributed by atoms with Gasteiger partial charge >= 0.3 is 0 Å². The standard InChI is InChI=1S/C19H18N6O2/c26-17(16-9-3-4-10-20-16)13-6-5-11-25(12-13)19(27)15-8-2-1-7-14(15)18-21-23-24-22-18/h1-4,7-10,13H,5-6,11-12H2,(H,21,22,23,24). The largest absolute Gasteiger partial charge is 0.338 e. The molecule has 4 rings (SSSR count). The quantitative estimate of drug-likeness (QED) is 0.712. The molecule has 0 aliphatic carbocycles. The van der Waals surface area contributed by atoms with Crippen molar-refractivity contribution in [1.82, 2.24) is 30.5 Å². The van der Waals surface area contributed by atoms with E-state index in [1.54, 1.807) is 47.5 Å². The lowest BCUT2D eigenvalue weighted by Gasteiger charge is -2.32. The Morgan fingerprint density at radius 3 is 2.74 bits per heavy atom. The van der Waals surface area contributed by atoms with E-state index in [0.29, 0.717) is 35.7 Å².